The van der Waals surface area contributed by atoms with Crippen molar-refractivity contribution in [1.82, 2.24) is 15.2 Å². The van der Waals surface area contributed by atoms with Gasteiger partial charge in [0.2, 0.25) is 11.8 Å². The van der Waals surface area contributed by atoms with Gasteiger partial charge in [0, 0.05) is 10.4 Å². The van der Waals surface area contributed by atoms with E-state index in [9.17, 15) is 4.79 Å². The maximum Gasteiger partial charge on any atom is 0.277 e. The standard InChI is InChI=1S/C17H18N4O2S2/c1-9-5-7-13(8-6-9)15-20-21-17(23-15)25-12(4)14(22)19-16-18-10(2)11(3)24-16/h5-8,12H,1-4H3,(H,18,19,22). The number of thioether (sulfide) groups is 1. The Hall–Kier alpha value is -2.19. The lowest BCUT2D eigenvalue weighted by atomic mass is 10.1. The molecule has 0 saturated heterocycles. The molecule has 1 amide bonds. The Bertz CT molecular complexity index is 867. The SMILES string of the molecule is Cc1ccc(-c2nnc(SC(C)C(=O)Nc3nc(C)c(C)s3)o2)cc1. The summed E-state index contributed by atoms with van der Waals surface area (Å²) in [6.07, 6.45) is 0. The van der Waals surface area contributed by atoms with E-state index in [4.69, 9.17) is 4.42 Å². The Balaban J connectivity index is 1.63. The van der Waals surface area contributed by atoms with E-state index >= 15 is 0 Å². The molecule has 0 radical (unpaired) electrons. The molecule has 0 aliphatic rings. The number of rotatable bonds is 5. The number of carbonyl (C=O) groups is 1. The summed E-state index contributed by atoms with van der Waals surface area (Å²) in [5.41, 5.74) is 2.95. The summed E-state index contributed by atoms with van der Waals surface area (Å²) in [5, 5.41) is 11.5. The first-order valence-electron chi connectivity index (χ1n) is 7.74. The van der Waals surface area contributed by atoms with Crippen LogP contribution >= 0.6 is 23.1 Å². The largest absolute Gasteiger partial charge is 0.411 e. The van der Waals surface area contributed by atoms with Crippen molar-refractivity contribution in [2.45, 2.75) is 38.2 Å². The number of aromatic nitrogens is 3. The predicted octanol–water partition coefficient (Wildman–Crippen LogP) is 4.24. The molecule has 1 unspecified atom stereocenters. The Kier molecular flexibility index (Phi) is 5.19. The zero-order valence-corrected chi connectivity index (χ0v) is 16.0. The van der Waals surface area contributed by atoms with Crippen LogP contribution in [0.5, 0.6) is 0 Å². The maximum atomic E-state index is 12.3. The van der Waals surface area contributed by atoms with Crippen LogP contribution in [-0.4, -0.2) is 26.3 Å². The molecule has 25 heavy (non-hydrogen) atoms. The molecule has 0 spiro atoms. The smallest absolute Gasteiger partial charge is 0.277 e. The molecule has 0 fully saturated rings. The third kappa shape index (κ3) is 4.26. The molecule has 0 bridgehead atoms. The number of nitrogens with one attached hydrogen (secondary N) is 1. The molecule has 3 aromatic rings. The predicted molar refractivity (Wildman–Crippen MR) is 100 cm³/mol. The number of benzene rings is 1. The monoisotopic (exact) mass is 374 g/mol. The van der Waals surface area contributed by atoms with E-state index in [0.29, 0.717) is 16.2 Å². The number of hydrogen-bond donors (Lipinski definition) is 1. The van der Waals surface area contributed by atoms with Gasteiger partial charge < -0.3 is 9.73 Å². The zero-order valence-electron chi connectivity index (χ0n) is 14.4. The highest BCUT2D eigenvalue weighted by Gasteiger charge is 2.20. The van der Waals surface area contributed by atoms with Crippen LogP contribution in [0.4, 0.5) is 5.13 Å². The quantitative estimate of drug-likeness (QED) is 0.673. The number of amides is 1. The van der Waals surface area contributed by atoms with Crippen LogP contribution in [0, 0.1) is 20.8 Å². The van der Waals surface area contributed by atoms with Gasteiger partial charge in [-0.05, 0) is 39.8 Å². The highest BCUT2D eigenvalue weighted by Crippen LogP contribution is 2.28. The molecule has 3 rings (SSSR count). The number of nitrogens with zero attached hydrogens (tertiary/aromatic N) is 3. The van der Waals surface area contributed by atoms with Crippen LogP contribution in [0.25, 0.3) is 11.5 Å². The third-order valence-corrected chi connectivity index (χ3v) is 5.53. The van der Waals surface area contributed by atoms with E-state index in [0.717, 1.165) is 21.7 Å². The Morgan fingerprint density at radius 3 is 2.56 bits per heavy atom. The first-order chi connectivity index (χ1) is 11.9. The van der Waals surface area contributed by atoms with Gasteiger partial charge in [0.05, 0.1) is 10.9 Å². The molecular weight excluding hydrogens is 356 g/mol. The summed E-state index contributed by atoms with van der Waals surface area (Å²) in [7, 11) is 0. The second-order valence-electron chi connectivity index (χ2n) is 5.65. The third-order valence-electron chi connectivity index (χ3n) is 3.61. The molecule has 1 aromatic carbocycles. The lowest BCUT2D eigenvalue weighted by molar-refractivity contribution is -0.115. The summed E-state index contributed by atoms with van der Waals surface area (Å²) >= 11 is 2.69. The van der Waals surface area contributed by atoms with Crippen molar-refractivity contribution in [1.29, 1.82) is 0 Å². The summed E-state index contributed by atoms with van der Waals surface area (Å²) in [6.45, 7) is 7.71. The van der Waals surface area contributed by atoms with Crippen molar-refractivity contribution in [2.24, 2.45) is 0 Å². The van der Waals surface area contributed by atoms with Crippen molar-refractivity contribution in [3.05, 3.63) is 40.4 Å². The van der Waals surface area contributed by atoms with E-state index in [1.807, 2.05) is 45.0 Å². The molecule has 0 aliphatic carbocycles. The average molecular weight is 374 g/mol. The Morgan fingerprint density at radius 1 is 1.20 bits per heavy atom. The van der Waals surface area contributed by atoms with Gasteiger partial charge in [-0.3, -0.25) is 4.79 Å². The van der Waals surface area contributed by atoms with Gasteiger partial charge in [-0.15, -0.1) is 21.5 Å². The van der Waals surface area contributed by atoms with Crippen LogP contribution in [0.15, 0.2) is 33.9 Å². The van der Waals surface area contributed by atoms with Crippen LogP contribution in [0.3, 0.4) is 0 Å². The second-order valence-corrected chi connectivity index (χ2v) is 8.14. The molecule has 130 valence electrons. The molecule has 8 heteroatoms. The minimum Gasteiger partial charge on any atom is -0.411 e. The molecule has 0 aliphatic heterocycles. The Labute approximate surface area is 154 Å². The van der Waals surface area contributed by atoms with Gasteiger partial charge in [-0.2, -0.15) is 0 Å². The number of thiazole rings is 1. The highest BCUT2D eigenvalue weighted by molar-refractivity contribution is 8.00. The van der Waals surface area contributed by atoms with Gasteiger partial charge in [-0.1, -0.05) is 29.5 Å². The molecule has 1 N–H and O–H groups in total. The number of carbonyl (C=O) groups excluding carboxylic acids is 1. The van der Waals surface area contributed by atoms with E-state index < -0.39 is 0 Å². The summed E-state index contributed by atoms with van der Waals surface area (Å²) in [6, 6.07) is 7.84. The molecular formula is C17H18N4O2S2. The fourth-order valence-corrected chi connectivity index (χ4v) is 3.51. The summed E-state index contributed by atoms with van der Waals surface area (Å²) < 4.78 is 5.65. The number of aryl methyl sites for hydroxylation is 3. The number of hydrogen-bond acceptors (Lipinski definition) is 7. The van der Waals surface area contributed by atoms with Gasteiger partial charge in [0.25, 0.3) is 5.22 Å². The van der Waals surface area contributed by atoms with Gasteiger partial charge in [-0.25, -0.2) is 4.98 Å². The van der Waals surface area contributed by atoms with E-state index in [1.54, 1.807) is 6.92 Å². The molecule has 2 heterocycles. The minimum atomic E-state index is -0.379. The lowest BCUT2D eigenvalue weighted by Gasteiger charge is -2.07. The van der Waals surface area contributed by atoms with E-state index in [-0.39, 0.29) is 11.2 Å². The highest BCUT2D eigenvalue weighted by atomic mass is 32.2. The van der Waals surface area contributed by atoms with Crippen molar-refractivity contribution in [3.8, 4) is 11.5 Å². The van der Waals surface area contributed by atoms with Crippen molar-refractivity contribution >= 4 is 34.1 Å². The topological polar surface area (TPSA) is 80.9 Å². The van der Waals surface area contributed by atoms with Gasteiger partial charge in [0.1, 0.15) is 0 Å². The van der Waals surface area contributed by atoms with Gasteiger partial charge >= 0.3 is 0 Å². The van der Waals surface area contributed by atoms with Crippen LogP contribution in [0.1, 0.15) is 23.1 Å². The average Bonchev–Trinajstić information content (AvgIpc) is 3.15. The fraction of sp³-hybridized carbons (Fsp3) is 0.294. The maximum absolute atomic E-state index is 12.3. The van der Waals surface area contributed by atoms with E-state index in [1.165, 1.54) is 23.1 Å². The molecule has 0 saturated carbocycles. The van der Waals surface area contributed by atoms with E-state index in [2.05, 4.69) is 20.5 Å². The normalized spacial score (nSPS) is 12.2. The fourth-order valence-electron chi connectivity index (χ4n) is 2.01. The first kappa shape index (κ1) is 17.6. The summed E-state index contributed by atoms with van der Waals surface area (Å²) in [5.74, 6) is 0.301. The molecule has 6 nitrogen and oxygen atoms in total. The summed E-state index contributed by atoms with van der Waals surface area (Å²) in [4.78, 5) is 17.7. The Morgan fingerprint density at radius 2 is 1.92 bits per heavy atom. The molecule has 2 aromatic heterocycles. The van der Waals surface area contributed by atoms with Crippen LogP contribution in [-0.2, 0) is 4.79 Å². The lowest BCUT2D eigenvalue weighted by Crippen LogP contribution is -2.22. The number of anilines is 1. The second kappa shape index (κ2) is 7.37. The van der Waals surface area contributed by atoms with Crippen molar-refractivity contribution in [3.63, 3.8) is 0 Å². The van der Waals surface area contributed by atoms with Crippen molar-refractivity contribution in [2.75, 3.05) is 5.32 Å². The minimum absolute atomic E-state index is 0.145. The van der Waals surface area contributed by atoms with Crippen LogP contribution < -0.4 is 5.32 Å². The zero-order chi connectivity index (χ0) is 18.0. The van der Waals surface area contributed by atoms with Gasteiger partial charge in [0.15, 0.2) is 5.13 Å². The molecule has 1 atom stereocenters. The first-order valence-corrected chi connectivity index (χ1v) is 9.44. The van der Waals surface area contributed by atoms with Crippen molar-refractivity contribution < 1.29 is 9.21 Å². The van der Waals surface area contributed by atoms with Crippen LogP contribution in [0.2, 0.25) is 0 Å².